The Morgan fingerprint density at radius 1 is 0.949 bits per heavy atom. The number of sulfonamides is 1. The van der Waals surface area contributed by atoms with Crippen molar-refractivity contribution in [3.05, 3.63) is 94.5 Å². The second-order valence-corrected chi connectivity index (χ2v) is 11.9. The van der Waals surface area contributed by atoms with Gasteiger partial charge in [-0.05, 0) is 74.7 Å². The van der Waals surface area contributed by atoms with Crippen LogP contribution in [0, 0.1) is 13.8 Å². The number of halogens is 1. The Morgan fingerprint density at radius 3 is 2.21 bits per heavy atom. The van der Waals surface area contributed by atoms with Crippen molar-refractivity contribution < 1.29 is 18.0 Å². The summed E-state index contributed by atoms with van der Waals surface area (Å²) in [5, 5.41) is 3.30. The highest BCUT2D eigenvalue weighted by atomic mass is 35.5. The van der Waals surface area contributed by atoms with Gasteiger partial charge in [0, 0.05) is 18.1 Å². The quantitative estimate of drug-likeness (QED) is 0.292. The number of nitrogens with zero attached hydrogens (tertiary/aromatic N) is 2. The minimum absolute atomic E-state index is 0.0103. The van der Waals surface area contributed by atoms with Crippen LogP contribution in [0.15, 0.2) is 77.7 Å². The van der Waals surface area contributed by atoms with Crippen LogP contribution in [0.4, 0.5) is 5.69 Å². The maximum absolute atomic E-state index is 13.9. The number of anilines is 1. The van der Waals surface area contributed by atoms with E-state index in [9.17, 15) is 18.0 Å². The van der Waals surface area contributed by atoms with Gasteiger partial charge in [0.25, 0.3) is 10.0 Å². The van der Waals surface area contributed by atoms with Crippen molar-refractivity contribution in [3.8, 4) is 0 Å². The third kappa shape index (κ3) is 7.83. The van der Waals surface area contributed by atoms with Crippen molar-refractivity contribution in [2.45, 2.75) is 58.0 Å². The van der Waals surface area contributed by atoms with E-state index in [2.05, 4.69) is 5.32 Å². The predicted octanol–water partition coefficient (Wildman–Crippen LogP) is 5.49. The zero-order valence-corrected chi connectivity index (χ0v) is 24.4. The van der Waals surface area contributed by atoms with E-state index < -0.39 is 28.5 Å². The summed E-state index contributed by atoms with van der Waals surface area (Å²) in [6, 6.07) is 19.6. The number of aryl methyl sites for hydroxylation is 2. The van der Waals surface area contributed by atoms with Gasteiger partial charge in [-0.25, -0.2) is 8.42 Å². The molecule has 0 aliphatic heterocycles. The van der Waals surface area contributed by atoms with Gasteiger partial charge in [-0.1, -0.05) is 66.9 Å². The molecule has 3 rings (SSSR count). The molecule has 0 bridgehead atoms. The van der Waals surface area contributed by atoms with Crippen LogP contribution < -0.4 is 9.62 Å². The molecule has 0 saturated carbocycles. The molecule has 2 amide bonds. The zero-order valence-electron chi connectivity index (χ0n) is 22.9. The molecule has 208 valence electrons. The number of nitrogens with one attached hydrogen (secondary N) is 1. The van der Waals surface area contributed by atoms with Gasteiger partial charge in [-0.15, -0.1) is 0 Å². The van der Waals surface area contributed by atoms with Crippen molar-refractivity contribution in [3.63, 3.8) is 0 Å². The number of carbonyl (C=O) groups excluding carboxylic acids is 2. The van der Waals surface area contributed by atoms with Crippen LogP contribution in [0.2, 0.25) is 5.02 Å². The summed E-state index contributed by atoms with van der Waals surface area (Å²) in [7, 11) is -4.13. The molecular formula is C30H36ClN3O4S. The maximum atomic E-state index is 13.9. The number of hydrogen-bond acceptors (Lipinski definition) is 4. The molecule has 0 fully saturated rings. The van der Waals surface area contributed by atoms with Gasteiger partial charge in [0.2, 0.25) is 11.8 Å². The van der Waals surface area contributed by atoms with Gasteiger partial charge < -0.3 is 10.2 Å². The lowest BCUT2D eigenvalue weighted by molar-refractivity contribution is -0.139. The highest BCUT2D eigenvalue weighted by molar-refractivity contribution is 7.92. The Bertz CT molecular complexity index is 1380. The van der Waals surface area contributed by atoms with Crippen molar-refractivity contribution in [2.75, 3.05) is 17.4 Å². The van der Waals surface area contributed by atoms with E-state index in [4.69, 9.17) is 11.6 Å². The second kappa shape index (κ2) is 13.6. The van der Waals surface area contributed by atoms with Crippen LogP contribution in [-0.2, 0) is 26.2 Å². The summed E-state index contributed by atoms with van der Waals surface area (Å²) in [5.41, 5.74) is 3.15. The van der Waals surface area contributed by atoms with E-state index in [1.54, 1.807) is 31.2 Å². The molecule has 9 heteroatoms. The molecule has 0 spiro atoms. The van der Waals surface area contributed by atoms with Crippen LogP contribution in [0.25, 0.3) is 0 Å². The fraction of sp³-hybridized carbons (Fsp3) is 0.333. The number of hydrogen-bond donors (Lipinski definition) is 1. The Morgan fingerprint density at radius 2 is 1.59 bits per heavy atom. The van der Waals surface area contributed by atoms with Crippen molar-refractivity contribution >= 4 is 39.1 Å². The molecule has 0 saturated heterocycles. The topological polar surface area (TPSA) is 86.8 Å². The van der Waals surface area contributed by atoms with Gasteiger partial charge in [-0.2, -0.15) is 0 Å². The molecule has 39 heavy (non-hydrogen) atoms. The smallest absolute Gasteiger partial charge is 0.264 e. The average molecular weight is 570 g/mol. The molecule has 7 nitrogen and oxygen atoms in total. The summed E-state index contributed by atoms with van der Waals surface area (Å²) < 4.78 is 28.7. The monoisotopic (exact) mass is 569 g/mol. The molecule has 0 aromatic heterocycles. The molecule has 0 aliphatic carbocycles. The lowest BCUT2D eigenvalue weighted by Gasteiger charge is -2.32. The highest BCUT2D eigenvalue weighted by Crippen LogP contribution is 2.26. The van der Waals surface area contributed by atoms with E-state index in [1.165, 1.54) is 29.2 Å². The third-order valence-corrected chi connectivity index (χ3v) is 8.64. The first-order valence-corrected chi connectivity index (χ1v) is 14.8. The lowest BCUT2D eigenvalue weighted by Crippen LogP contribution is -2.51. The summed E-state index contributed by atoms with van der Waals surface area (Å²) in [6.07, 6.45) is 1.75. The van der Waals surface area contributed by atoms with Crippen LogP contribution in [-0.4, -0.2) is 44.3 Å². The normalized spacial score (nSPS) is 12.0. The molecule has 0 aliphatic rings. The first-order chi connectivity index (χ1) is 18.5. The van der Waals surface area contributed by atoms with E-state index in [1.807, 2.05) is 45.0 Å². The first-order valence-electron chi connectivity index (χ1n) is 13.0. The largest absolute Gasteiger partial charge is 0.354 e. The van der Waals surface area contributed by atoms with E-state index in [0.717, 1.165) is 33.8 Å². The minimum atomic E-state index is -4.13. The molecule has 3 aromatic carbocycles. The summed E-state index contributed by atoms with van der Waals surface area (Å²) >= 11 is 5.99. The van der Waals surface area contributed by atoms with E-state index in [-0.39, 0.29) is 17.3 Å². The Kier molecular flexibility index (Phi) is 10.5. The fourth-order valence-electron chi connectivity index (χ4n) is 4.06. The molecule has 0 heterocycles. The standard InChI is InChI=1S/C30H36ClN3O4S/c1-5-6-19-32-30(36)24(4)33(20-25-10-8-7-9-23(25)3)29(35)21-34(27-15-11-22(2)12-16-27)39(37,38)28-17-13-26(31)14-18-28/h7-18,24H,5-6,19-21H2,1-4H3,(H,32,36)/t24-/m0/s1. The minimum Gasteiger partial charge on any atom is -0.354 e. The van der Waals surface area contributed by atoms with Gasteiger partial charge >= 0.3 is 0 Å². The van der Waals surface area contributed by atoms with Crippen molar-refractivity contribution in [1.29, 1.82) is 0 Å². The molecule has 0 radical (unpaired) electrons. The predicted molar refractivity (Wildman–Crippen MR) is 156 cm³/mol. The van der Waals surface area contributed by atoms with Crippen LogP contribution in [0.5, 0.6) is 0 Å². The van der Waals surface area contributed by atoms with Crippen molar-refractivity contribution in [1.82, 2.24) is 10.2 Å². The van der Waals surface area contributed by atoms with Crippen molar-refractivity contribution in [2.24, 2.45) is 0 Å². The zero-order chi connectivity index (χ0) is 28.6. The van der Waals surface area contributed by atoms with E-state index in [0.29, 0.717) is 17.3 Å². The fourth-order valence-corrected chi connectivity index (χ4v) is 5.60. The van der Waals surface area contributed by atoms with Crippen LogP contribution in [0.3, 0.4) is 0 Å². The average Bonchev–Trinajstić information content (AvgIpc) is 2.91. The van der Waals surface area contributed by atoms with Gasteiger partial charge in [0.15, 0.2) is 0 Å². The third-order valence-electron chi connectivity index (χ3n) is 6.60. The molecule has 1 atom stereocenters. The summed E-state index contributed by atoms with van der Waals surface area (Å²) in [6.45, 7) is 7.73. The summed E-state index contributed by atoms with van der Waals surface area (Å²) in [4.78, 5) is 28.4. The molecule has 3 aromatic rings. The Hall–Kier alpha value is -3.36. The van der Waals surface area contributed by atoms with Gasteiger partial charge in [0.05, 0.1) is 10.6 Å². The molecular weight excluding hydrogens is 534 g/mol. The van der Waals surface area contributed by atoms with Crippen LogP contribution in [0.1, 0.15) is 43.4 Å². The number of unbranched alkanes of at least 4 members (excludes halogenated alkanes) is 1. The maximum Gasteiger partial charge on any atom is 0.264 e. The summed E-state index contributed by atoms with van der Waals surface area (Å²) in [5.74, 6) is -0.776. The number of amides is 2. The Balaban J connectivity index is 2.00. The molecule has 0 unspecified atom stereocenters. The van der Waals surface area contributed by atoms with E-state index >= 15 is 0 Å². The second-order valence-electron chi connectivity index (χ2n) is 9.57. The molecule has 1 N–H and O–H groups in total. The number of carbonyl (C=O) groups is 2. The number of benzene rings is 3. The SMILES string of the molecule is CCCCNC(=O)[C@H](C)N(Cc1ccccc1C)C(=O)CN(c1ccc(C)cc1)S(=O)(=O)c1ccc(Cl)cc1. The van der Waals surface area contributed by atoms with Gasteiger partial charge in [0.1, 0.15) is 12.6 Å². The highest BCUT2D eigenvalue weighted by Gasteiger charge is 2.32. The first kappa shape index (κ1) is 30.2. The number of rotatable bonds is 12. The lowest BCUT2D eigenvalue weighted by atomic mass is 10.1. The van der Waals surface area contributed by atoms with Gasteiger partial charge in [-0.3, -0.25) is 13.9 Å². The van der Waals surface area contributed by atoms with Crippen LogP contribution >= 0.6 is 11.6 Å². The Labute approximate surface area is 236 Å².